The van der Waals surface area contributed by atoms with Gasteiger partial charge in [-0.25, -0.2) is 0 Å². The standard InChI is InChI=1S/C17H28N2S/c1-17(2)10-12-19(13-14-20-17)11-9-16(18-3)15-7-5-4-6-8-15/h4-8,16,18H,9-14H2,1-3H3. The lowest BCUT2D eigenvalue weighted by molar-refractivity contribution is 0.268. The maximum absolute atomic E-state index is 3.46. The molecule has 0 spiro atoms. The molecule has 1 saturated heterocycles. The van der Waals surface area contributed by atoms with Gasteiger partial charge in [0.25, 0.3) is 0 Å². The molecule has 2 rings (SSSR count). The first-order chi connectivity index (χ1) is 9.61. The Morgan fingerprint density at radius 2 is 2.00 bits per heavy atom. The molecule has 0 aliphatic carbocycles. The van der Waals surface area contributed by atoms with Crippen LogP contribution in [0.25, 0.3) is 0 Å². The average molecular weight is 292 g/mol. The van der Waals surface area contributed by atoms with Crippen LogP contribution in [0.5, 0.6) is 0 Å². The van der Waals surface area contributed by atoms with Crippen LogP contribution >= 0.6 is 11.8 Å². The lowest BCUT2D eigenvalue weighted by atomic mass is 10.0. The van der Waals surface area contributed by atoms with Gasteiger partial charge in [-0.2, -0.15) is 11.8 Å². The molecule has 20 heavy (non-hydrogen) atoms. The van der Waals surface area contributed by atoms with Gasteiger partial charge < -0.3 is 10.2 Å². The van der Waals surface area contributed by atoms with Crippen LogP contribution in [0, 0.1) is 0 Å². The molecule has 2 nitrogen and oxygen atoms in total. The first-order valence-electron chi connectivity index (χ1n) is 7.69. The molecule has 0 radical (unpaired) electrons. The van der Waals surface area contributed by atoms with Gasteiger partial charge in [0.15, 0.2) is 0 Å². The van der Waals surface area contributed by atoms with Crippen LogP contribution in [0.2, 0.25) is 0 Å². The van der Waals surface area contributed by atoms with Gasteiger partial charge in [-0.3, -0.25) is 0 Å². The minimum absolute atomic E-state index is 0.455. The van der Waals surface area contributed by atoms with Crippen LogP contribution in [0.1, 0.15) is 38.3 Å². The van der Waals surface area contributed by atoms with E-state index in [1.165, 1.54) is 43.8 Å². The van der Waals surface area contributed by atoms with Crippen LogP contribution in [-0.4, -0.2) is 42.1 Å². The lowest BCUT2D eigenvalue weighted by Crippen LogP contribution is -2.31. The average Bonchev–Trinajstić information content (AvgIpc) is 2.62. The van der Waals surface area contributed by atoms with E-state index in [0.29, 0.717) is 10.8 Å². The Balaban J connectivity index is 1.84. The van der Waals surface area contributed by atoms with Gasteiger partial charge in [-0.1, -0.05) is 44.2 Å². The van der Waals surface area contributed by atoms with Crippen LogP contribution in [-0.2, 0) is 0 Å². The number of benzene rings is 1. The molecule has 1 aliphatic rings. The van der Waals surface area contributed by atoms with Gasteiger partial charge in [-0.05, 0) is 38.5 Å². The minimum Gasteiger partial charge on any atom is -0.313 e. The summed E-state index contributed by atoms with van der Waals surface area (Å²) in [5, 5.41) is 3.46. The predicted molar refractivity (Wildman–Crippen MR) is 90.5 cm³/mol. The van der Waals surface area contributed by atoms with Crippen molar-refractivity contribution in [1.82, 2.24) is 10.2 Å². The van der Waals surface area contributed by atoms with Crippen LogP contribution in [0.4, 0.5) is 0 Å². The van der Waals surface area contributed by atoms with Crippen LogP contribution < -0.4 is 5.32 Å². The molecule has 3 heteroatoms. The monoisotopic (exact) mass is 292 g/mol. The SMILES string of the molecule is CNC(CCN1CCSC(C)(C)CC1)c1ccccc1. The zero-order valence-corrected chi connectivity index (χ0v) is 13.9. The quantitative estimate of drug-likeness (QED) is 0.893. The second kappa shape index (κ2) is 7.48. The summed E-state index contributed by atoms with van der Waals surface area (Å²) >= 11 is 2.12. The molecule has 1 N–H and O–H groups in total. The van der Waals surface area contributed by atoms with Crippen molar-refractivity contribution in [2.75, 3.05) is 32.4 Å². The molecule has 0 aromatic heterocycles. The molecule has 0 bridgehead atoms. The zero-order valence-electron chi connectivity index (χ0n) is 13.1. The maximum atomic E-state index is 3.46. The van der Waals surface area contributed by atoms with Crippen molar-refractivity contribution in [2.24, 2.45) is 0 Å². The predicted octanol–water partition coefficient (Wildman–Crippen LogP) is 3.55. The normalized spacial score (nSPS) is 21.4. The Hall–Kier alpha value is -0.510. The zero-order chi connectivity index (χ0) is 14.4. The number of thioether (sulfide) groups is 1. The number of hydrogen-bond donors (Lipinski definition) is 1. The summed E-state index contributed by atoms with van der Waals surface area (Å²) in [6.45, 7) is 8.42. The summed E-state index contributed by atoms with van der Waals surface area (Å²) in [5.41, 5.74) is 1.40. The van der Waals surface area contributed by atoms with E-state index >= 15 is 0 Å². The van der Waals surface area contributed by atoms with Gasteiger partial charge in [-0.15, -0.1) is 0 Å². The van der Waals surface area contributed by atoms with Crippen molar-refractivity contribution >= 4 is 11.8 Å². The number of rotatable bonds is 5. The summed E-state index contributed by atoms with van der Waals surface area (Å²) in [4.78, 5) is 2.63. The largest absolute Gasteiger partial charge is 0.313 e. The summed E-state index contributed by atoms with van der Waals surface area (Å²) in [6.07, 6.45) is 2.48. The molecule has 1 atom stereocenters. The number of nitrogens with zero attached hydrogens (tertiary/aromatic N) is 1. The minimum atomic E-state index is 0.455. The van der Waals surface area contributed by atoms with Crippen molar-refractivity contribution < 1.29 is 0 Å². The highest BCUT2D eigenvalue weighted by atomic mass is 32.2. The fraction of sp³-hybridized carbons (Fsp3) is 0.647. The fourth-order valence-electron chi connectivity index (χ4n) is 2.76. The number of nitrogens with one attached hydrogen (secondary N) is 1. The summed E-state index contributed by atoms with van der Waals surface area (Å²) in [6, 6.07) is 11.3. The number of hydrogen-bond acceptors (Lipinski definition) is 3. The molecule has 1 fully saturated rings. The molecule has 1 aromatic rings. The molecule has 1 aliphatic heterocycles. The van der Waals surface area contributed by atoms with E-state index in [4.69, 9.17) is 0 Å². The molecular formula is C17H28N2S. The van der Waals surface area contributed by atoms with E-state index in [1.54, 1.807) is 0 Å². The fourth-order valence-corrected chi connectivity index (χ4v) is 3.90. The maximum Gasteiger partial charge on any atom is 0.0329 e. The Labute approximate surface area is 128 Å². The van der Waals surface area contributed by atoms with E-state index in [0.717, 1.165) is 0 Å². The van der Waals surface area contributed by atoms with E-state index in [-0.39, 0.29) is 0 Å². The third kappa shape index (κ3) is 4.80. The second-order valence-corrected chi connectivity index (χ2v) is 8.04. The van der Waals surface area contributed by atoms with E-state index < -0.39 is 0 Å². The first-order valence-corrected chi connectivity index (χ1v) is 8.68. The van der Waals surface area contributed by atoms with Crippen molar-refractivity contribution in [3.63, 3.8) is 0 Å². The first kappa shape index (κ1) is 15.9. The molecule has 112 valence electrons. The van der Waals surface area contributed by atoms with Gasteiger partial charge in [0, 0.05) is 23.1 Å². The molecule has 1 heterocycles. The smallest absolute Gasteiger partial charge is 0.0329 e. The third-order valence-electron chi connectivity index (χ3n) is 4.21. The van der Waals surface area contributed by atoms with Gasteiger partial charge in [0.1, 0.15) is 0 Å². The van der Waals surface area contributed by atoms with E-state index in [9.17, 15) is 0 Å². The van der Waals surface area contributed by atoms with Crippen molar-refractivity contribution in [3.8, 4) is 0 Å². The Kier molecular flexibility index (Phi) is 5.94. The van der Waals surface area contributed by atoms with Crippen LogP contribution in [0.15, 0.2) is 30.3 Å². The van der Waals surface area contributed by atoms with Gasteiger partial charge in [0.2, 0.25) is 0 Å². The molecule has 1 aromatic carbocycles. The topological polar surface area (TPSA) is 15.3 Å². The third-order valence-corrected chi connectivity index (χ3v) is 5.59. The van der Waals surface area contributed by atoms with Gasteiger partial charge >= 0.3 is 0 Å². The molecule has 0 saturated carbocycles. The highest BCUT2D eigenvalue weighted by Crippen LogP contribution is 2.30. The van der Waals surface area contributed by atoms with Gasteiger partial charge in [0.05, 0.1) is 0 Å². The molecular weight excluding hydrogens is 264 g/mol. The Bertz CT molecular complexity index is 391. The molecule has 1 unspecified atom stereocenters. The summed E-state index contributed by atoms with van der Waals surface area (Å²) in [5.74, 6) is 1.27. The highest BCUT2D eigenvalue weighted by molar-refractivity contribution is 8.00. The second-order valence-electron chi connectivity index (χ2n) is 6.24. The van der Waals surface area contributed by atoms with Crippen molar-refractivity contribution in [2.45, 2.75) is 37.5 Å². The summed E-state index contributed by atoms with van der Waals surface area (Å²) < 4.78 is 0.455. The summed E-state index contributed by atoms with van der Waals surface area (Å²) in [7, 11) is 2.07. The van der Waals surface area contributed by atoms with Crippen molar-refractivity contribution in [3.05, 3.63) is 35.9 Å². The van der Waals surface area contributed by atoms with Crippen molar-refractivity contribution in [1.29, 1.82) is 0 Å². The van der Waals surface area contributed by atoms with Crippen LogP contribution in [0.3, 0.4) is 0 Å². The Morgan fingerprint density at radius 1 is 1.25 bits per heavy atom. The van der Waals surface area contributed by atoms with E-state index in [2.05, 4.69) is 73.2 Å². The highest BCUT2D eigenvalue weighted by Gasteiger charge is 2.23. The molecule has 0 amide bonds. The van der Waals surface area contributed by atoms with E-state index in [1.807, 2.05) is 0 Å². The Morgan fingerprint density at radius 3 is 2.70 bits per heavy atom. The lowest BCUT2D eigenvalue weighted by Gasteiger charge is -2.24.